The summed E-state index contributed by atoms with van der Waals surface area (Å²) in [7, 11) is 4.88. The Morgan fingerprint density at radius 2 is 1.50 bits per heavy atom. The molecule has 0 heterocycles. The minimum atomic E-state index is -1.14. The number of rotatable bonds is 16. The summed E-state index contributed by atoms with van der Waals surface area (Å²) in [6.45, 7) is 0.597. The summed E-state index contributed by atoms with van der Waals surface area (Å²) in [5.74, 6) is -3.15. The molecule has 9 N–H and O–H groups in total. The van der Waals surface area contributed by atoms with E-state index in [1.165, 1.54) is 9.80 Å². The number of aliphatic imine (C=N–C) groups is 1. The summed E-state index contributed by atoms with van der Waals surface area (Å²) in [5.41, 5.74) is 18.6. The Morgan fingerprint density at radius 1 is 0.854 bits per heavy atom. The Balaban J connectivity index is 1.89. The largest absolute Gasteiger partial charge is 0.384 e. The van der Waals surface area contributed by atoms with Crippen molar-refractivity contribution < 1.29 is 19.2 Å². The van der Waals surface area contributed by atoms with Crippen molar-refractivity contribution in [2.24, 2.45) is 34.0 Å². The zero-order valence-electron chi connectivity index (χ0n) is 28.3. The molecule has 1 aliphatic rings. The number of guanidine groups is 1. The van der Waals surface area contributed by atoms with Crippen molar-refractivity contribution in [1.29, 1.82) is 5.41 Å². The van der Waals surface area contributed by atoms with Crippen LogP contribution in [0, 0.1) is 17.2 Å². The zero-order chi connectivity index (χ0) is 35.2. The maximum Gasteiger partial charge on any atom is 0.244 e. The van der Waals surface area contributed by atoms with Gasteiger partial charge >= 0.3 is 0 Å². The number of amidine groups is 1. The lowest BCUT2D eigenvalue weighted by molar-refractivity contribution is -0.143. The number of nitrogens with one attached hydrogen (secondary N) is 3. The topological polar surface area (TPSA) is 213 Å². The third kappa shape index (κ3) is 11.4. The number of benzene rings is 2. The fourth-order valence-electron chi connectivity index (χ4n) is 6.00. The summed E-state index contributed by atoms with van der Waals surface area (Å²) in [5, 5.41) is 13.6. The Kier molecular flexibility index (Phi) is 14.4. The normalized spacial score (nSPS) is 14.9. The monoisotopic (exact) mass is 661 g/mol. The minimum absolute atomic E-state index is 0.0529. The van der Waals surface area contributed by atoms with Gasteiger partial charge < -0.3 is 37.6 Å². The molecule has 2 aromatic carbocycles. The first-order valence-electron chi connectivity index (χ1n) is 16.5. The molecular formula is C35H51N9O4. The summed E-state index contributed by atoms with van der Waals surface area (Å²) < 4.78 is 0. The van der Waals surface area contributed by atoms with Gasteiger partial charge in [-0.3, -0.25) is 29.6 Å². The third-order valence-corrected chi connectivity index (χ3v) is 8.66. The standard InChI is InChI=1S/C35H51N9O4/c1-43(2)34(48)28(15-10-20-40-35(38)39)41-32(46)29(25-13-8-5-9-14-25)42-31(45)27(21-23-16-18-26(19-17-23)30(36)37)33(47)44(3)22-24-11-6-4-7-12-24/h4,6-7,11-12,16-19,25,27-29H,5,8-10,13-15,20-22H2,1-3H3,(H3,36,37)(H,41,46)(H,42,45)(H4,38,39,40)/t27?,28-,29?/m0/s1. The van der Waals surface area contributed by atoms with Gasteiger partial charge in [0.1, 0.15) is 23.8 Å². The Morgan fingerprint density at radius 3 is 2.08 bits per heavy atom. The number of hydrogen-bond acceptors (Lipinski definition) is 6. The zero-order valence-corrected chi connectivity index (χ0v) is 28.3. The van der Waals surface area contributed by atoms with Crippen LogP contribution in [0.15, 0.2) is 59.6 Å². The molecule has 1 saturated carbocycles. The van der Waals surface area contributed by atoms with E-state index in [1.807, 2.05) is 30.3 Å². The second-order valence-electron chi connectivity index (χ2n) is 12.7. The van der Waals surface area contributed by atoms with E-state index in [2.05, 4.69) is 15.6 Å². The fourth-order valence-corrected chi connectivity index (χ4v) is 6.00. The van der Waals surface area contributed by atoms with Crippen molar-refractivity contribution in [3.05, 3.63) is 71.3 Å². The van der Waals surface area contributed by atoms with Gasteiger partial charge in [0.15, 0.2) is 5.96 Å². The van der Waals surface area contributed by atoms with Gasteiger partial charge in [-0.15, -0.1) is 0 Å². The smallest absolute Gasteiger partial charge is 0.244 e. The first kappa shape index (κ1) is 37.5. The number of likely N-dealkylation sites (N-methyl/N-ethyl adjacent to an activating group) is 1. The van der Waals surface area contributed by atoms with Gasteiger partial charge in [-0.05, 0) is 49.1 Å². The van der Waals surface area contributed by atoms with Crippen LogP contribution in [-0.2, 0) is 32.1 Å². The average Bonchev–Trinajstić information content (AvgIpc) is 3.07. The highest BCUT2D eigenvalue weighted by Gasteiger charge is 2.37. The molecule has 2 aromatic rings. The molecule has 0 aromatic heterocycles. The van der Waals surface area contributed by atoms with Crippen LogP contribution in [0.3, 0.4) is 0 Å². The molecule has 0 aliphatic heterocycles. The molecule has 2 unspecified atom stereocenters. The molecule has 0 bridgehead atoms. The van der Waals surface area contributed by atoms with Crippen molar-refractivity contribution in [3.63, 3.8) is 0 Å². The van der Waals surface area contributed by atoms with Crippen LogP contribution in [-0.4, -0.2) is 85.0 Å². The molecule has 13 nitrogen and oxygen atoms in total. The van der Waals surface area contributed by atoms with Crippen molar-refractivity contribution >= 4 is 35.4 Å². The number of carbonyl (C=O) groups excluding carboxylic acids is 4. The van der Waals surface area contributed by atoms with Crippen molar-refractivity contribution in [2.45, 2.75) is 70.0 Å². The van der Waals surface area contributed by atoms with Crippen LogP contribution < -0.4 is 27.8 Å². The number of carbonyl (C=O) groups is 4. The van der Waals surface area contributed by atoms with E-state index in [0.717, 1.165) is 37.7 Å². The van der Waals surface area contributed by atoms with Gasteiger partial charge in [0.05, 0.1) is 0 Å². The summed E-state index contributed by atoms with van der Waals surface area (Å²) >= 11 is 0. The first-order chi connectivity index (χ1) is 22.9. The van der Waals surface area contributed by atoms with Gasteiger partial charge in [-0.1, -0.05) is 73.9 Å². The maximum absolute atomic E-state index is 14.2. The van der Waals surface area contributed by atoms with E-state index in [-0.39, 0.29) is 30.0 Å². The highest BCUT2D eigenvalue weighted by Crippen LogP contribution is 2.27. The highest BCUT2D eigenvalue weighted by molar-refractivity contribution is 6.02. The van der Waals surface area contributed by atoms with Crippen molar-refractivity contribution in [1.82, 2.24) is 20.4 Å². The molecular weight excluding hydrogens is 610 g/mol. The maximum atomic E-state index is 14.2. The van der Waals surface area contributed by atoms with Crippen LogP contribution in [0.4, 0.5) is 0 Å². The molecule has 1 fully saturated rings. The minimum Gasteiger partial charge on any atom is -0.384 e. The molecule has 0 radical (unpaired) electrons. The number of nitrogens with zero attached hydrogens (tertiary/aromatic N) is 3. The van der Waals surface area contributed by atoms with Crippen molar-refractivity contribution in [3.8, 4) is 0 Å². The van der Waals surface area contributed by atoms with Crippen LogP contribution in [0.2, 0.25) is 0 Å². The lowest BCUT2D eigenvalue weighted by Gasteiger charge is -2.33. The molecule has 1 aliphatic carbocycles. The van der Waals surface area contributed by atoms with Gasteiger partial charge in [0.2, 0.25) is 23.6 Å². The van der Waals surface area contributed by atoms with Crippen LogP contribution in [0.5, 0.6) is 0 Å². The number of hydrogen-bond donors (Lipinski definition) is 6. The summed E-state index contributed by atoms with van der Waals surface area (Å²) in [6, 6.07) is 14.5. The molecule has 4 amide bonds. The second-order valence-corrected chi connectivity index (χ2v) is 12.7. The molecule has 0 saturated heterocycles. The predicted molar refractivity (Wildman–Crippen MR) is 187 cm³/mol. The Hall–Kier alpha value is -4.94. The van der Waals surface area contributed by atoms with E-state index in [1.54, 1.807) is 45.4 Å². The lowest BCUT2D eigenvalue weighted by Crippen LogP contribution is -2.57. The molecule has 48 heavy (non-hydrogen) atoms. The summed E-state index contributed by atoms with van der Waals surface area (Å²) in [4.78, 5) is 62.1. The van der Waals surface area contributed by atoms with Gasteiger partial charge in [0, 0.05) is 39.8 Å². The average molecular weight is 662 g/mol. The highest BCUT2D eigenvalue weighted by atomic mass is 16.2. The van der Waals surface area contributed by atoms with E-state index >= 15 is 0 Å². The SMILES string of the molecule is CN(C)C(=O)[C@H](CCCN=C(N)N)NC(=O)C(NC(=O)C(Cc1ccc(C(=N)N)cc1)C(=O)N(C)Cc1ccccc1)C1CCCCC1. The number of amides is 4. The second kappa shape index (κ2) is 18.4. The van der Waals surface area contributed by atoms with Crippen LogP contribution in [0.25, 0.3) is 0 Å². The van der Waals surface area contributed by atoms with Crippen LogP contribution >= 0.6 is 0 Å². The third-order valence-electron chi connectivity index (χ3n) is 8.66. The van der Waals surface area contributed by atoms with Crippen LogP contribution in [0.1, 0.15) is 61.6 Å². The van der Waals surface area contributed by atoms with E-state index in [4.69, 9.17) is 22.6 Å². The number of nitrogens with two attached hydrogens (primary N) is 3. The fraction of sp³-hybridized carbons (Fsp3) is 0.486. The Bertz CT molecular complexity index is 1420. The lowest BCUT2D eigenvalue weighted by atomic mass is 9.83. The summed E-state index contributed by atoms with van der Waals surface area (Å²) in [6.07, 6.45) is 5.14. The van der Waals surface area contributed by atoms with E-state index in [0.29, 0.717) is 37.1 Å². The molecule has 0 spiro atoms. The molecule has 260 valence electrons. The van der Waals surface area contributed by atoms with E-state index < -0.39 is 35.7 Å². The quantitative estimate of drug-likeness (QED) is 0.0674. The number of nitrogen functional groups attached to an aromatic ring is 1. The Labute approximate surface area is 283 Å². The molecule has 3 rings (SSSR count). The van der Waals surface area contributed by atoms with Gasteiger partial charge in [-0.25, -0.2) is 0 Å². The van der Waals surface area contributed by atoms with Gasteiger partial charge in [-0.2, -0.15) is 0 Å². The molecule has 13 heteroatoms. The molecule has 3 atom stereocenters. The van der Waals surface area contributed by atoms with Gasteiger partial charge in [0.25, 0.3) is 0 Å². The van der Waals surface area contributed by atoms with Crippen molar-refractivity contribution in [2.75, 3.05) is 27.7 Å². The van der Waals surface area contributed by atoms with E-state index in [9.17, 15) is 19.2 Å². The predicted octanol–water partition coefficient (Wildman–Crippen LogP) is 1.48. The first-order valence-corrected chi connectivity index (χ1v) is 16.5.